The third-order valence-electron chi connectivity index (χ3n) is 4.65. The van der Waals surface area contributed by atoms with Gasteiger partial charge >= 0.3 is 5.97 Å². The second-order valence-electron chi connectivity index (χ2n) is 7.21. The van der Waals surface area contributed by atoms with Crippen LogP contribution in [0.2, 0.25) is 1.41 Å². The topological polar surface area (TPSA) is 112 Å². The molecule has 0 aliphatic rings. The van der Waals surface area contributed by atoms with Crippen LogP contribution >= 0.6 is 0 Å². The van der Waals surface area contributed by atoms with Gasteiger partial charge in [0, 0.05) is 44.0 Å². The summed E-state index contributed by atoms with van der Waals surface area (Å²) in [7, 11) is 0. The van der Waals surface area contributed by atoms with Gasteiger partial charge in [0.2, 0.25) is 0 Å². The first-order valence-electron chi connectivity index (χ1n) is 27.0. The van der Waals surface area contributed by atoms with Crippen molar-refractivity contribution in [1.82, 2.24) is 4.57 Å². The lowest BCUT2D eigenvalue weighted by atomic mass is 9.94. The molecular weight excluding hydrogens is 523 g/mol. The van der Waals surface area contributed by atoms with E-state index in [0.717, 1.165) is 0 Å². The van der Waals surface area contributed by atoms with Gasteiger partial charge in [-0.1, -0.05) is 62.0 Å². The van der Waals surface area contributed by atoms with Crippen LogP contribution in [0.3, 0.4) is 0 Å². The van der Waals surface area contributed by atoms with Crippen molar-refractivity contribution < 1.29 is 73.2 Å². The highest BCUT2D eigenvalue weighted by molar-refractivity contribution is 6.12. The molecule has 3 aromatic carbocycles. The fourth-order valence-corrected chi connectivity index (χ4v) is 3.24. The summed E-state index contributed by atoms with van der Waals surface area (Å²) in [6.45, 7) is -15.0. The van der Waals surface area contributed by atoms with E-state index in [1.807, 2.05) is 0 Å². The second-order valence-corrected chi connectivity index (χ2v) is 7.21. The quantitative estimate of drug-likeness (QED) is 0.154. The Morgan fingerprint density at radius 3 is 2.32 bits per heavy atom. The maximum Gasteiger partial charge on any atom is 0.305 e. The maximum atomic E-state index is 15.5. The number of carboxylic acid groups (broad SMARTS) is 1. The number of amides is 1. The summed E-state index contributed by atoms with van der Waals surface area (Å²) in [5.74, 6) is -12.5. The lowest BCUT2D eigenvalue weighted by molar-refractivity contribution is -0.139. The first kappa shape index (κ1) is 8.86. The number of nitrogens with zero attached hydrogens (tertiary/aromatic N) is 1. The number of hydrogen-bond acceptors (Lipinski definition) is 5. The standard InChI is InChI=1S/C33H35FN2O5/c1-21(2)31-30(33(41)35-25-11-7-4-8-12-25)29(22-9-5-3-6-10-22)32(23-13-15-24(34)16-14-23)36(31)18-17-26(37)19-27(38)20-28(39)40/h3-16,21,26-27,37-38H,17-20H2,1-2H3,(H,35,41)(H,39,40)/t26-,27-/m0/s1/i1D3,2D3,3D,4D,5D,6D,7D,8D,9D,10D,11D,12D,13D,14D,15D,16D,17D2,18D2,19D2,20D2,21D,26D,27D/hD2. The van der Waals surface area contributed by atoms with Gasteiger partial charge in [0.25, 0.3) is 7.34 Å². The zero-order valence-electron chi connectivity index (χ0n) is 52.9. The number of nitrogens with one attached hydrogen (secondary N) is 1. The Balaban J connectivity index is 2.73. The average molecular weight is 592 g/mol. The molecule has 0 bridgehead atoms. The van der Waals surface area contributed by atoms with Gasteiger partial charge in [-0.2, -0.15) is 0 Å². The molecular formula is C33H35FN2O5. The number of aromatic nitrogens is 1. The van der Waals surface area contributed by atoms with E-state index >= 15 is 9.18 Å². The van der Waals surface area contributed by atoms with Gasteiger partial charge in [-0.25, -0.2) is 4.39 Å². The minimum atomic E-state index is -5.56. The molecule has 4 rings (SSSR count). The summed E-state index contributed by atoms with van der Waals surface area (Å²) < 4.78 is 295. The number of benzene rings is 3. The van der Waals surface area contributed by atoms with Crippen LogP contribution in [0, 0.1) is 5.82 Å². The Hall–Kier alpha value is -4.27. The normalized spacial score (nSPS) is 28.0. The van der Waals surface area contributed by atoms with Crippen LogP contribution in [-0.2, 0) is 11.3 Å². The number of para-hydroxylation sites is 1. The molecule has 0 aliphatic heterocycles. The molecule has 7 nitrogen and oxygen atoms in total. The van der Waals surface area contributed by atoms with Crippen LogP contribution in [0.4, 0.5) is 10.1 Å². The van der Waals surface area contributed by atoms with Gasteiger partial charge < -0.3 is 25.2 Å². The van der Waals surface area contributed by atoms with Crippen molar-refractivity contribution in [3.8, 4) is 22.4 Å². The molecule has 0 radical (unpaired) electrons. The van der Waals surface area contributed by atoms with Crippen molar-refractivity contribution in [3.05, 3.63) is 102 Å². The van der Waals surface area contributed by atoms with Gasteiger partial charge in [-0.3, -0.25) is 9.59 Å². The molecule has 0 unspecified atom stereocenters. The summed E-state index contributed by atoms with van der Waals surface area (Å²) in [6, 6.07) is -22.4. The third kappa shape index (κ3) is 7.28. The minimum absolute atomic E-state index is 0.831. The fourth-order valence-electron chi connectivity index (χ4n) is 3.24. The minimum Gasteiger partial charge on any atom is -0.481 e. The highest BCUT2D eigenvalue weighted by atomic mass is 19.1. The number of halogens is 1. The summed E-state index contributed by atoms with van der Waals surface area (Å²) in [5.41, 5.74) is -14.4. The highest BCUT2D eigenvalue weighted by Crippen LogP contribution is 2.42. The van der Waals surface area contributed by atoms with E-state index < -0.39 is 209 Å². The van der Waals surface area contributed by atoms with Crippen molar-refractivity contribution >= 4 is 17.6 Å². The summed E-state index contributed by atoms with van der Waals surface area (Å²) in [6.07, 6.45) is -26.3. The third-order valence-corrected chi connectivity index (χ3v) is 4.65. The Bertz CT molecular complexity index is 2920. The van der Waals surface area contributed by atoms with E-state index in [-0.39, 0.29) is 0 Å². The van der Waals surface area contributed by atoms with Crippen LogP contribution in [-0.4, -0.2) is 43.9 Å². The zero-order chi connectivity index (χ0) is 58.2. The van der Waals surface area contributed by atoms with E-state index in [4.69, 9.17) is 41.2 Å². The zero-order valence-corrected chi connectivity index (χ0v) is 19.9. The summed E-state index contributed by atoms with van der Waals surface area (Å²) >= 11 is 0. The predicted octanol–water partition coefficient (Wildman–Crippen LogP) is 6.31. The van der Waals surface area contributed by atoms with Gasteiger partial charge in [0.1, 0.15) is 5.82 Å². The maximum absolute atomic E-state index is 15.5. The van der Waals surface area contributed by atoms with Gasteiger partial charge in [-0.15, -0.1) is 0 Å². The Morgan fingerprint density at radius 2 is 1.68 bits per heavy atom. The number of anilines is 1. The van der Waals surface area contributed by atoms with Crippen LogP contribution in [0.15, 0.2) is 84.6 Å². The molecule has 41 heavy (non-hydrogen) atoms. The number of rotatable bonds is 12. The number of carbonyl (C=O) groups excluding carboxylic acids is 1. The molecule has 8 heteroatoms. The predicted molar refractivity (Wildman–Crippen MR) is 157 cm³/mol. The van der Waals surface area contributed by atoms with Crippen LogP contribution in [0.5, 0.6) is 0 Å². The van der Waals surface area contributed by atoms with Crippen molar-refractivity contribution in [2.75, 3.05) is 5.31 Å². The molecule has 1 heterocycles. The molecule has 4 aromatic rings. The number of carboxylic acids is 1. The SMILES string of the molecule is [2H]OC(=O)C([2H])([2H])[C@@]([2H])(O)C([2H])([2H])[C@@]([2H])(O)C([2H])([2H])C([2H])([2H])n1c(-c2c([2H])c([2H])c(F)c([2H])c2[2H])c(-c2c([2H])c([2H])c([2H])c([2H])c2[2H])c(C(=O)N([2H])c2c([2H])c([2H])c([2H])c([2H])c2[2H])c1C([2H])(C([2H])([2H])[2H])C([2H])([2H])[2H]. The molecule has 1 aromatic heterocycles. The van der Waals surface area contributed by atoms with Crippen LogP contribution in [0.1, 0.15) is 97.3 Å². The molecule has 1 amide bonds. The molecule has 214 valence electrons. The van der Waals surface area contributed by atoms with Gasteiger partial charge in [0.15, 0.2) is 1.41 Å². The van der Waals surface area contributed by atoms with E-state index in [9.17, 15) is 19.1 Å². The van der Waals surface area contributed by atoms with E-state index in [1.165, 1.54) is 0 Å². The lowest BCUT2D eigenvalue weighted by Crippen LogP contribution is -2.22. The van der Waals surface area contributed by atoms with Crippen molar-refractivity contribution in [1.29, 1.82) is 1.43 Å². The largest absolute Gasteiger partial charge is 0.481 e. The lowest BCUT2D eigenvalue weighted by Gasteiger charge is -2.20. The first-order valence-corrected chi connectivity index (χ1v) is 10.6. The van der Waals surface area contributed by atoms with Crippen molar-refractivity contribution in [2.45, 2.75) is 57.4 Å². The molecule has 0 aliphatic carbocycles. The second kappa shape index (κ2) is 13.4. The molecule has 2 atom stereocenters. The van der Waals surface area contributed by atoms with Crippen LogP contribution in [0.25, 0.3) is 23.8 Å². The van der Waals surface area contributed by atoms with E-state index in [1.54, 1.807) is 0 Å². The summed E-state index contributed by atoms with van der Waals surface area (Å²) in [5, 5.41) is 25.2. The molecule has 0 fully saturated rings. The van der Waals surface area contributed by atoms with Crippen molar-refractivity contribution in [3.63, 3.8) is 0 Å². The highest BCUT2D eigenvalue weighted by Gasteiger charge is 2.31. The molecule has 4 N–H and O–H groups in total. The average Bonchev–Trinajstić information content (AvgIpc) is 3.63. The molecule has 0 spiro atoms. The van der Waals surface area contributed by atoms with Crippen molar-refractivity contribution in [2.24, 2.45) is 0 Å². The Morgan fingerprint density at radius 1 is 1.02 bits per heavy atom. The van der Waals surface area contributed by atoms with E-state index in [0.29, 0.717) is 0 Å². The summed E-state index contributed by atoms with van der Waals surface area (Å²) in [4.78, 5) is 27.8. The molecule has 0 saturated carbocycles. The van der Waals surface area contributed by atoms with Gasteiger partial charge in [0.05, 0.1) is 51.7 Å². The smallest absolute Gasteiger partial charge is 0.305 e. The van der Waals surface area contributed by atoms with Gasteiger partial charge in [-0.05, 0) is 66.0 Å². The number of aliphatic carboxylic acids is 1. The Kier molecular flexibility index (Phi) is 2.90. The molecule has 0 saturated heterocycles. The Labute approximate surface area is 285 Å². The first-order chi connectivity index (χ1) is 33.0. The fraction of sp³-hybridized carbons (Fsp3) is 0.273. The number of aliphatic hydroxyl groups is 2. The monoisotopic (exact) mass is 591 g/mol. The number of hydrogen-bond donors (Lipinski definition) is 4. The number of carbonyl (C=O) groups is 2. The van der Waals surface area contributed by atoms with E-state index in [2.05, 4.69) is 5.11 Å². The van der Waals surface area contributed by atoms with Crippen LogP contribution < -0.4 is 5.31 Å².